The molecular weight excluding hydrogens is 705 g/mol. The number of hydrogen-bond acceptors (Lipinski definition) is 10. The lowest BCUT2D eigenvalue weighted by Crippen LogP contribution is -2.63. The van der Waals surface area contributed by atoms with Crippen LogP contribution in [-0.4, -0.2) is 75.7 Å². The van der Waals surface area contributed by atoms with E-state index in [4.69, 9.17) is 14.5 Å². The summed E-state index contributed by atoms with van der Waals surface area (Å²) in [5.74, 6) is 2.44. The van der Waals surface area contributed by atoms with E-state index in [0.29, 0.717) is 44.0 Å². The van der Waals surface area contributed by atoms with Crippen LogP contribution in [-0.2, 0) is 46.0 Å². The summed E-state index contributed by atoms with van der Waals surface area (Å²) >= 11 is 0. The number of nitrogens with one attached hydrogen (secondary N) is 1. The number of hydrogen-bond donors (Lipinski definition) is 1. The Labute approximate surface area is 328 Å². The van der Waals surface area contributed by atoms with E-state index in [1.807, 2.05) is 18.2 Å². The van der Waals surface area contributed by atoms with Crippen molar-refractivity contribution >= 4 is 23.5 Å². The number of rotatable bonds is 11. The lowest BCUT2D eigenvalue weighted by atomic mass is 9.63. The lowest BCUT2D eigenvalue weighted by Gasteiger charge is -2.54. The van der Waals surface area contributed by atoms with Crippen LogP contribution in [0, 0.1) is 5.41 Å². The number of ketones is 1. The standard InChI is InChI=1S/C45H50N6O5/c1-44(2,33-5-9-37(10-6-33)55-27-35-15-18-46-43(47-35)51-28-45(29-51)22-36(52)23-45)34-7-11-38(12-8-34)56-39-16-19-49(20-17-39)24-30-3-4-31-25-50(26-32(31)21-30)40-13-14-41(53)48-42(40)54/h3-12,15,18,21,39-40H,13-14,16-17,19-20,22-29H2,1-2H3,(H,48,53,54). The number of ether oxygens (including phenoxy) is 2. The van der Waals surface area contributed by atoms with Crippen LogP contribution in [0.15, 0.2) is 79.0 Å². The Hall–Kier alpha value is -5.13. The maximum atomic E-state index is 12.4. The van der Waals surface area contributed by atoms with Crippen LogP contribution in [0.25, 0.3) is 0 Å². The van der Waals surface area contributed by atoms with Gasteiger partial charge < -0.3 is 14.4 Å². The van der Waals surface area contributed by atoms with Gasteiger partial charge in [-0.2, -0.15) is 0 Å². The third kappa shape index (κ3) is 7.54. The van der Waals surface area contributed by atoms with E-state index in [1.54, 1.807) is 6.20 Å². The van der Waals surface area contributed by atoms with Crippen LogP contribution in [0.1, 0.15) is 85.9 Å². The molecule has 0 bridgehead atoms. The van der Waals surface area contributed by atoms with Crippen LogP contribution in [0.2, 0.25) is 0 Å². The molecule has 4 fully saturated rings. The summed E-state index contributed by atoms with van der Waals surface area (Å²) in [6.07, 6.45) is 6.32. The topological polar surface area (TPSA) is 117 Å². The van der Waals surface area contributed by atoms with E-state index in [2.05, 4.69) is 93.4 Å². The van der Waals surface area contributed by atoms with Crippen molar-refractivity contribution in [3.05, 3.63) is 113 Å². The summed E-state index contributed by atoms with van der Waals surface area (Å²) in [6.45, 7) is 10.9. The molecule has 3 saturated heterocycles. The molecule has 1 saturated carbocycles. The number of imide groups is 1. The first kappa shape index (κ1) is 36.5. The van der Waals surface area contributed by atoms with Crippen LogP contribution < -0.4 is 19.7 Å². The van der Waals surface area contributed by atoms with Gasteiger partial charge in [0.2, 0.25) is 17.8 Å². The molecule has 1 aromatic heterocycles. The molecule has 5 heterocycles. The molecular formula is C45H50N6O5. The molecule has 56 heavy (non-hydrogen) atoms. The van der Waals surface area contributed by atoms with Gasteiger partial charge in [-0.25, -0.2) is 9.97 Å². The Morgan fingerprint density at radius 3 is 2.23 bits per heavy atom. The highest BCUT2D eigenvalue weighted by Crippen LogP contribution is 2.46. The zero-order valence-corrected chi connectivity index (χ0v) is 32.3. The summed E-state index contributed by atoms with van der Waals surface area (Å²) < 4.78 is 12.6. The highest BCUT2D eigenvalue weighted by molar-refractivity contribution is 6.00. The largest absolute Gasteiger partial charge is 0.490 e. The van der Waals surface area contributed by atoms with Gasteiger partial charge in [-0.15, -0.1) is 0 Å². The second kappa shape index (κ2) is 14.7. The highest BCUT2D eigenvalue weighted by Gasteiger charge is 2.52. The zero-order valence-electron chi connectivity index (χ0n) is 32.3. The van der Waals surface area contributed by atoms with Crippen molar-refractivity contribution in [3.8, 4) is 11.5 Å². The van der Waals surface area contributed by atoms with Gasteiger partial charge in [0, 0.05) is 82.1 Å². The maximum Gasteiger partial charge on any atom is 0.243 e. The minimum absolute atomic E-state index is 0.163. The van der Waals surface area contributed by atoms with Crippen molar-refractivity contribution in [1.29, 1.82) is 0 Å². The van der Waals surface area contributed by atoms with E-state index in [9.17, 15) is 14.4 Å². The van der Waals surface area contributed by atoms with Gasteiger partial charge in [-0.1, -0.05) is 56.3 Å². The first-order chi connectivity index (χ1) is 27.1. The van der Waals surface area contributed by atoms with Crippen LogP contribution >= 0.6 is 0 Å². The third-order valence-corrected chi connectivity index (χ3v) is 12.6. The summed E-state index contributed by atoms with van der Waals surface area (Å²) in [5.41, 5.74) is 7.08. The van der Waals surface area contributed by atoms with Crippen molar-refractivity contribution in [1.82, 2.24) is 25.1 Å². The fraction of sp³-hybridized carbons (Fsp3) is 0.444. The fourth-order valence-electron chi connectivity index (χ4n) is 9.23. The first-order valence-corrected chi connectivity index (χ1v) is 20.1. The average Bonchev–Trinajstić information content (AvgIpc) is 3.59. The van der Waals surface area contributed by atoms with Gasteiger partial charge in [0.05, 0.1) is 11.7 Å². The number of anilines is 1. The minimum atomic E-state index is -0.229. The first-order valence-electron chi connectivity index (χ1n) is 20.1. The third-order valence-electron chi connectivity index (χ3n) is 12.6. The molecule has 1 atom stereocenters. The molecule has 290 valence electrons. The minimum Gasteiger partial charge on any atom is -0.490 e. The molecule has 4 aromatic rings. The van der Waals surface area contributed by atoms with Crippen molar-refractivity contribution in [2.45, 2.75) is 96.2 Å². The van der Waals surface area contributed by atoms with Crippen molar-refractivity contribution in [2.24, 2.45) is 5.41 Å². The monoisotopic (exact) mass is 754 g/mol. The van der Waals surface area contributed by atoms with E-state index in [0.717, 1.165) is 75.8 Å². The Morgan fingerprint density at radius 1 is 0.839 bits per heavy atom. The van der Waals surface area contributed by atoms with Gasteiger partial charge in [-0.3, -0.25) is 29.5 Å². The van der Waals surface area contributed by atoms with Gasteiger partial charge in [0.25, 0.3) is 0 Å². The summed E-state index contributed by atoms with van der Waals surface area (Å²) in [7, 11) is 0. The molecule has 4 aliphatic heterocycles. The number of carbonyl (C=O) groups excluding carboxylic acids is 3. The van der Waals surface area contributed by atoms with Crippen LogP contribution in [0.5, 0.6) is 11.5 Å². The molecule has 9 rings (SSSR count). The summed E-state index contributed by atoms with van der Waals surface area (Å²) in [6, 6.07) is 25.3. The number of piperidine rings is 2. The molecule has 3 aromatic carbocycles. The van der Waals surface area contributed by atoms with Gasteiger partial charge in [0.15, 0.2) is 0 Å². The zero-order chi connectivity index (χ0) is 38.4. The molecule has 11 heteroatoms. The van der Waals surface area contributed by atoms with E-state index >= 15 is 0 Å². The molecule has 1 spiro atoms. The van der Waals surface area contributed by atoms with Crippen LogP contribution in [0.3, 0.4) is 0 Å². The molecule has 5 aliphatic rings. The number of Topliss-reactive ketones (excluding diaryl/α,β-unsaturated/α-hetero) is 1. The molecule has 1 N–H and O–H groups in total. The SMILES string of the molecule is CC(C)(c1ccc(OCc2ccnc(N3CC4(CC(=O)C4)C3)n2)cc1)c1ccc(OC2CCN(Cc3ccc4c(c3)CN(C3CCC(=O)NC3=O)C4)CC2)cc1. The van der Waals surface area contributed by atoms with E-state index in [-0.39, 0.29) is 34.8 Å². The number of likely N-dealkylation sites (tertiary alicyclic amines) is 1. The number of amides is 2. The predicted molar refractivity (Wildman–Crippen MR) is 211 cm³/mol. The van der Waals surface area contributed by atoms with Gasteiger partial charge in [-0.05, 0) is 77.4 Å². The normalized spacial score (nSPS) is 21.4. The van der Waals surface area contributed by atoms with Crippen molar-refractivity contribution in [3.63, 3.8) is 0 Å². The quantitative estimate of drug-likeness (QED) is 0.191. The number of fused-ring (bicyclic) bond motifs is 1. The van der Waals surface area contributed by atoms with E-state index < -0.39 is 0 Å². The van der Waals surface area contributed by atoms with Gasteiger partial charge in [0.1, 0.15) is 30.0 Å². The number of benzene rings is 3. The second-order valence-corrected chi connectivity index (χ2v) is 17.1. The Balaban J connectivity index is 0.727. The smallest absolute Gasteiger partial charge is 0.243 e. The number of nitrogens with zero attached hydrogens (tertiary/aromatic N) is 5. The Morgan fingerprint density at radius 2 is 1.54 bits per heavy atom. The predicted octanol–water partition coefficient (Wildman–Crippen LogP) is 5.72. The number of aromatic nitrogens is 2. The molecule has 0 radical (unpaired) electrons. The van der Waals surface area contributed by atoms with Crippen LogP contribution in [0.4, 0.5) is 5.95 Å². The van der Waals surface area contributed by atoms with E-state index in [1.165, 1.54) is 27.8 Å². The van der Waals surface area contributed by atoms with Gasteiger partial charge >= 0.3 is 0 Å². The average molecular weight is 755 g/mol. The number of carbonyl (C=O) groups is 3. The molecule has 11 nitrogen and oxygen atoms in total. The van der Waals surface area contributed by atoms with Crippen molar-refractivity contribution in [2.75, 3.05) is 31.1 Å². The second-order valence-electron chi connectivity index (χ2n) is 17.1. The highest BCUT2D eigenvalue weighted by atomic mass is 16.5. The Bertz CT molecular complexity index is 2110. The molecule has 1 aliphatic carbocycles. The lowest BCUT2D eigenvalue weighted by molar-refractivity contribution is -0.138. The molecule has 2 amide bonds. The maximum absolute atomic E-state index is 12.4. The molecule has 1 unspecified atom stereocenters. The summed E-state index contributed by atoms with van der Waals surface area (Å²) in [4.78, 5) is 51.5. The van der Waals surface area contributed by atoms with Crippen molar-refractivity contribution < 1.29 is 23.9 Å². The summed E-state index contributed by atoms with van der Waals surface area (Å²) in [5, 5.41) is 2.50. The Kier molecular flexibility index (Phi) is 9.61. The fourth-order valence-corrected chi connectivity index (χ4v) is 9.23.